The van der Waals surface area contributed by atoms with Crippen molar-refractivity contribution in [2.45, 2.75) is 25.7 Å². The first-order valence-corrected chi connectivity index (χ1v) is 5.79. The fourth-order valence-electron chi connectivity index (χ4n) is 1.35. The highest BCUT2D eigenvalue weighted by molar-refractivity contribution is 6.30. The minimum atomic E-state index is 0.718. The Bertz CT molecular complexity index is 278. The van der Waals surface area contributed by atoms with Gasteiger partial charge in [-0.3, -0.25) is 0 Å². The van der Waals surface area contributed by atoms with Crippen LogP contribution in [0.4, 0.5) is 0 Å². The molecule has 0 radical (unpaired) electrons. The van der Waals surface area contributed by atoms with E-state index in [0.717, 1.165) is 36.8 Å². The van der Waals surface area contributed by atoms with Crippen molar-refractivity contribution in [2.24, 2.45) is 5.73 Å². The van der Waals surface area contributed by atoms with E-state index in [1.54, 1.807) is 0 Å². The van der Waals surface area contributed by atoms with Crippen molar-refractivity contribution < 1.29 is 4.74 Å². The van der Waals surface area contributed by atoms with E-state index in [4.69, 9.17) is 22.1 Å². The number of halogens is 1. The van der Waals surface area contributed by atoms with Crippen LogP contribution in [0.3, 0.4) is 0 Å². The molecule has 0 heterocycles. The monoisotopic (exact) mass is 227 g/mol. The lowest BCUT2D eigenvalue weighted by molar-refractivity contribution is 0.305. The highest BCUT2D eigenvalue weighted by Gasteiger charge is 1.94. The van der Waals surface area contributed by atoms with Crippen LogP contribution in [0.25, 0.3) is 0 Å². The average molecular weight is 228 g/mol. The van der Waals surface area contributed by atoms with Crippen LogP contribution >= 0.6 is 11.6 Å². The molecule has 0 aromatic heterocycles. The second-order valence-electron chi connectivity index (χ2n) is 3.51. The van der Waals surface area contributed by atoms with Gasteiger partial charge < -0.3 is 10.5 Å². The molecule has 0 spiro atoms. The van der Waals surface area contributed by atoms with Gasteiger partial charge in [0.2, 0.25) is 0 Å². The summed E-state index contributed by atoms with van der Waals surface area (Å²) in [6.07, 6.45) is 4.55. The van der Waals surface area contributed by atoms with Crippen LogP contribution in [-0.2, 0) is 0 Å². The molecule has 0 unspecified atom stereocenters. The van der Waals surface area contributed by atoms with Gasteiger partial charge in [-0.25, -0.2) is 0 Å². The highest BCUT2D eigenvalue weighted by Crippen LogP contribution is 2.17. The summed E-state index contributed by atoms with van der Waals surface area (Å²) >= 11 is 5.83. The van der Waals surface area contributed by atoms with Gasteiger partial charge in [0.25, 0.3) is 0 Å². The number of ether oxygens (including phenoxy) is 1. The third-order valence-electron chi connectivity index (χ3n) is 2.16. The Morgan fingerprint density at radius 1 is 1.13 bits per heavy atom. The molecule has 1 aromatic rings. The summed E-state index contributed by atoms with van der Waals surface area (Å²) in [4.78, 5) is 0. The topological polar surface area (TPSA) is 35.2 Å². The van der Waals surface area contributed by atoms with Crippen LogP contribution in [0.2, 0.25) is 5.02 Å². The van der Waals surface area contributed by atoms with Crippen LogP contribution in [0.5, 0.6) is 5.75 Å². The minimum absolute atomic E-state index is 0.718. The van der Waals surface area contributed by atoms with Gasteiger partial charge in [0.1, 0.15) is 5.75 Å². The van der Waals surface area contributed by atoms with E-state index in [0.29, 0.717) is 0 Å². The molecular weight excluding hydrogens is 210 g/mol. The number of rotatable bonds is 7. The van der Waals surface area contributed by atoms with Crippen molar-refractivity contribution in [3.8, 4) is 5.75 Å². The molecule has 0 atom stereocenters. The molecule has 0 aliphatic rings. The fourth-order valence-corrected chi connectivity index (χ4v) is 1.53. The summed E-state index contributed by atoms with van der Waals surface area (Å²) in [5.74, 6) is 0.848. The zero-order valence-corrected chi connectivity index (χ0v) is 9.67. The Hall–Kier alpha value is -0.730. The summed E-state index contributed by atoms with van der Waals surface area (Å²) in [5, 5.41) is 0.718. The van der Waals surface area contributed by atoms with Gasteiger partial charge in [0.05, 0.1) is 6.61 Å². The van der Waals surface area contributed by atoms with E-state index >= 15 is 0 Å². The molecule has 0 saturated carbocycles. The summed E-state index contributed by atoms with van der Waals surface area (Å²) in [7, 11) is 0. The van der Waals surface area contributed by atoms with E-state index in [-0.39, 0.29) is 0 Å². The van der Waals surface area contributed by atoms with Gasteiger partial charge in [-0.15, -0.1) is 0 Å². The molecular formula is C12H18ClNO. The van der Waals surface area contributed by atoms with Crippen LogP contribution in [0.15, 0.2) is 24.3 Å². The molecule has 0 bridgehead atoms. The lowest BCUT2D eigenvalue weighted by Gasteiger charge is -2.05. The van der Waals surface area contributed by atoms with E-state index in [9.17, 15) is 0 Å². The van der Waals surface area contributed by atoms with E-state index < -0.39 is 0 Å². The maximum absolute atomic E-state index is 5.83. The molecule has 84 valence electrons. The van der Waals surface area contributed by atoms with Crippen molar-refractivity contribution >= 4 is 11.6 Å². The Labute approximate surface area is 96.4 Å². The summed E-state index contributed by atoms with van der Waals surface area (Å²) in [6, 6.07) is 7.49. The standard InChI is InChI=1S/C12H18ClNO/c13-11-6-5-7-12(10-11)15-9-4-2-1-3-8-14/h5-7,10H,1-4,8-9,14H2. The molecule has 15 heavy (non-hydrogen) atoms. The number of nitrogens with two attached hydrogens (primary N) is 1. The molecule has 1 rings (SSSR count). The molecule has 1 aromatic carbocycles. The second-order valence-corrected chi connectivity index (χ2v) is 3.95. The van der Waals surface area contributed by atoms with Crippen LogP contribution < -0.4 is 10.5 Å². The zero-order chi connectivity index (χ0) is 10.9. The Morgan fingerprint density at radius 3 is 2.67 bits per heavy atom. The van der Waals surface area contributed by atoms with Crippen molar-refractivity contribution in [3.63, 3.8) is 0 Å². The molecule has 0 aliphatic carbocycles. The molecule has 3 heteroatoms. The number of hydrogen-bond acceptors (Lipinski definition) is 2. The quantitative estimate of drug-likeness (QED) is 0.726. The SMILES string of the molecule is NCCCCCCOc1cccc(Cl)c1. The Balaban J connectivity index is 2.10. The van der Waals surface area contributed by atoms with Crippen LogP contribution in [-0.4, -0.2) is 13.2 Å². The summed E-state index contributed by atoms with van der Waals surface area (Å²) in [6.45, 7) is 1.54. The van der Waals surface area contributed by atoms with Gasteiger partial charge in [-0.05, 0) is 37.6 Å². The molecule has 0 fully saturated rings. The average Bonchev–Trinajstić information content (AvgIpc) is 2.23. The third-order valence-corrected chi connectivity index (χ3v) is 2.40. The first-order chi connectivity index (χ1) is 7.33. The van der Waals surface area contributed by atoms with Gasteiger partial charge in [-0.1, -0.05) is 30.5 Å². The zero-order valence-electron chi connectivity index (χ0n) is 8.92. The predicted octanol–water partition coefficient (Wildman–Crippen LogP) is 3.24. The van der Waals surface area contributed by atoms with Gasteiger partial charge in [-0.2, -0.15) is 0 Å². The first-order valence-electron chi connectivity index (χ1n) is 5.41. The highest BCUT2D eigenvalue weighted by atomic mass is 35.5. The van der Waals surface area contributed by atoms with E-state index in [1.165, 1.54) is 12.8 Å². The predicted molar refractivity (Wildman–Crippen MR) is 64.5 cm³/mol. The smallest absolute Gasteiger partial charge is 0.120 e. The van der Waals surface area contributed by atoms with Gasteiger partial charge >= 0.3 is 0 Å². The maximum Gasteiger partial charge on any atom is 0.120 e. The third kappa shape index (κ3) is 5.65. The van der Waals surface area contributed by atoms with Crippen molar-refractivity contribution in [3.05, 3.63) is 29.3 Å². The molecule has 2 nitrogen and oxygen atoms in total. The van der Waals surface area contributed by atoms with Crippen molar-refractivity contribution in [2.75, 3.05) is 13.2 Å². The van der Waals surface area contributed by atoms with Crippen LogP contribution in [0.1, 0.15) is 25.7 Å². The lowest BCUT2D eigenvalue weighted by atomic mass is 10.2. The Morgan fingerprint density at radius 2 is 1.93 bits per heavy atom. The normalized spacial score (nSPS) is 10.3. The molecule has 0 amide bonds. The number of unbranched alkanes of at least 4 members (excludes halogenated alkanes) is 3. The number of benzene rings is 1. The Kier molecular flexibility index (Phi) is 6.21. The van der Waals surface area contributed by atoms with Crippen LogP contribution in [0, 0.1) is 0 Å². The molecule has 2 N–H and O–H groups in total. The maximum atomic E-state index is 5.83. The minimum Gasteiger partial charge on any atom is -0.494 e. The molecule has 0 saturated heterocycles. The van der Waals surface area contributed by atoms with E-state index in [2.05, 4.69) is 0 Å². The number of hydrogen-bond donors (Lipinski definition) is 1. The van der Waals surface area contributed by atoms with Gasteiger partial charge in [0, 0.05) is 5.02 Å². The second kappa shape index (κ2) is 7.55. The summed E-state index contributed by atoms with van der Waals surface area (Å²) in [5.41, 5.74) is 5.41. The van der Waals surface area contributed by atoms with Crippen molar-refractivity contribution in [1.29, 1.82) is 0 Å². The first kappa shape index (κ1) is 12.3. The van der Waals surface area contributed by atoms with Gasteiger partial charge in [0.15, 0.2) is 0 Å². The van der Waals surface area contributed by atoms with E-state index in [1.807, 2.05) is 24.3 Å². The summed E-state index contributed by atoms with van der Waals surface area (Å²) < 4.78 is 5.55. The molecule has 0 aliphatic heterocycles. The fraction of sp³-hybridized carbons (Fsp3) is 0.500. The lowest BCUT2D eigenvalue weighted by Crippen LogP contribution is -2.00. The van der Waals surface area contributed by atoms with Crippen molar-refractivity contribution in [1.82, 2.24) is 0 Å². The largest absolute Gasteiger partial charge is 0.494 e.